The number of rotatable bonds is 2. The Morgan fingerprint density at radius 3 is 2.38 bits per heavy atom. The normalized spacial score (nSPS) is 21.2. The maximum absolute atomic E-state index is 5.73. The maximum atomic E-state index is 5.73. The van der Waals surface area contributed by atoms with Crippen LogP contribution < -0.4 is 14.8 Å². The van der Waals surface area contributed by atoms with Gasteiger partial charge in [0.25, 0.3) is 6.29 Å². The van der Waals surface area contributed by atoms with Crippen LogP contribution in [0.4, 0.5) is 0 Å². The highest BCUT2D eigenvalue weighted by Gasteiger charge is 2.26. The van der Waals surface area contributed by atoms with Gasteiger partial charge in [0.05, 0.1) is 6.54 Å². The summed E-state index contributed by atoms with van der Waals surface area (Å²) in [7, 11) is 0. The molecular weight excluding hydrogens is 204 g/mol. The van der Waals surface area contributed by atoms with E-state index in [0.717, 1.165) is 44.2 Å². The summed E-state index contributed by atoms with van der Waals surface area (Å²) in [5, 5.41) is 3.33. The molecule has 0 unspecified atom stereocenters. The van der Waals surface area contributed by atoms with Crippen LogP contribution in [0, 0.1) is 0 Å². The van der Waals surface area contributed by atoms with Crippen LogP contribution in [0.3, 0.4) is 0 Å². The number of hydrogen-bond donors (Lipinski definition) is 1. The third kappa shape index (κ3) is 1.99. The molecule has 0 atom stereocenters. The van der Waals surface area contributed by atoms with Gasteiger partial charge in [0.1, 0.15) is 0 Å². The van der Waals surface area contributed by atoms with E-state index in [-0.39, 0.29) is 6.29 Å². The van der Waals surface area contributed by atoms with E-state index in [1.807, 2.05) is 24.3 Å². The van der Waals surface area contributed by atoms with E-state index in [0.29, 0.717) is 0 Å². The van der Waals surface area contributed by atoms with Gasteiger partial charge in [-0.1, -0.05) is 12.1 Å². The molecule has 3 rings (SSSR count). The van der Waals surface area contributed by atoms with E-state index in [9.17, 15) is 0 Å². The second-order valence-corrected chi connectivity index (χ2v) is 4.16. The number of fused-ring (bicyclic) bond motifs is 1. The SMILES string of the molecule is c1ccc2c(c1)OC(CN1CCNCC1)O2. The molecule has 1 N–H and O–H groups in total. The van der Waals surface area contributed by atoms with E-state index >= 15 is 0 Å². The number of ether oxygens (including phenoxy) is 2. The van der Waals surface area contributed by atoms with Crippen LogP contribution in [0.2, 0.25) is 0 Å². The van der Waals surface area contributed by atoms with Crippen molar-refractivity contribution >= 4 is 0 Å². The quantitative estimate of drug-likeness (QED) is 0.795. The molecule has 0 saturated carbocycles. The Bertz CT molecular complexity index is 339. The van der Waals surface area contributed by atoms with Gasteiger partial charge >= 0.3 is 0 Å². The molecule has 1 aromatic carbocycles. The fourth-order valence-corrected chi connectivity index (χ4v) is 2.13. The van der Waals surface area contributed by atoms with Crippen LogP contribution in [0.5, 0.6) is 11.5 Å². The topological polar surface area (TPSA) is 33.7 Å². The van der Waals surface area contributed by atoms with Gasteiger partial charge in [0.15, 0.2) is 11.5 Å². The highest BCUT2D eigenvalue weighted by molar-refractivity contribution is 5.41. The van der Waals surface area contributed by atoms with Gasteiger partial charge < -0.3 is 14.8 Å². The molecule has 0 bridgehead atoms. The summed E-state index contributed by atoms with van der Waals surface area (Å²) < 4.78 is 11.5. The molecule has 0 aliphatic carbocycles. The number of hydrogen-bond acceptors (Lipinski definition) is 4. The van der Waals surface area contributed by atoms with Crippen molar-refractivity contribution in [2.75, 3.05) is 32.7 Å². The molecule has 0 amide bonds. The zero-order valence-corrected chi connectivity index (χ0v) is 9.19. The first-order valence-electron chi connectivity index (χ1n) is 5.77. The fraction of sp³-hybridized carbons (Fsp3) is 0.500. The Labute approximate surface area is 95.1 Å². The maximum Gasteiger partial charge on any atom is 0.254 e. The summed E-state index contributed by atoms with van der Waals surface area (Å²) in [6, 6.07) is 7.84. The summed E-state index contributed by atoms with van der Waals surface area (Å²) in [5.74, 6) is 1.73. The zero-order valence-electron chi connectivity index (χ0n) is 9.19. The molecule has 0 spiro atoms. The number of piperazine rings is 1. The van der Waals surface area contributed by atoms with Gasteiger partial charge in [-0.05, 0) is 12.1 Å². The van der Waals surface area contributed by atoms with Crippen LogP contribution >= 0.6 is 0 Å². The summed E-state index contributed by atoms with van der Waals surface area (Å²) in [5.41, 5.74) is 0. The molecule has 4 nitrogen and oxygen atoms in total. The highest BCUT2D eigenvalue weighted by atomic mass is 16.7. The zero-order chi connectivity index (χ0) is 10.8. The summed E-state index contributed by atoms with van der Waals surface area (Å²) in [6.07, 6.45) is -0.143. The lowest BCUT2D eigenvalue weighted by Gasteiger charge is -2.28. The molecule has 2 aliphatic rings. The van der Waals surface area contributed by atoms with Crippen molar-refractivity contribution in [1.82, 2.24) is 10.2 Å². The molecule has 1 aromatic rings. The van der Waals surface area contributed by atoms with Gasteiger partial charge in [0.2, 0.25) is 0 Å². The van der Waals surface area contributed by atoms with Crippen LogP contribution in [0.1, 0.15) is 0 Å². The average molecular weight is 220 g/mol. The molecular formula is C12H16N2O2. The predicted molar refractivity (Wildman–Crippen MR) is 60.8 cm³/mol. The first kappa shape index (κ1) is 9.93. The minimum Gasteiger partial charge on any atom is -0.450 e. The number of benzene rings is 1. The Hall–Kier alpha value is -1.26. The van der Waals surface area contributed by atoms with Crippen LogP contribution in [0.25, 0.3) is 0 Å². The number of nitrogens with one attached hydrogen (secondary N) is 1. The van der Waals surface area contributed by atoms with Gasteiger partial charge in [-0.15, -0.1) is 0 Å². The Kier molecular flexibility index (Phi) is 2.68. The highest BCUT2D eigenvalue weighted by Crippen LogP contribution is 2.33. The second-order valence-electron chi connectivity index (χ2n) is 4.16. The smallest absolute Gasteiger partial charge is 0.254 e. The van der Waals surface area contributed by atoms with Crippen LogP contribution in [0.15, 0.2) is 24.3 Å². The molecule has 0 aromatic heterocycles. The summed E-state index contributed by atoms with van der Waals surface area (Å²) in [4.78, 5) is 2.37. The average Bonchev–Trinajstić information content (AvgIpc) is 2.72. The second kappa shape index (κ2) is 4.31. The van der Waals surface area contributed by atoms with E-state index in [4.69, 9.17) is 9.47 Å². The van der Waals surface area contributed by atoms with Crippen molar-refractivity contribution in [3.8, 4) is 11.5 Å². The molecule has 2 aliphatic heterocycles. The predicted octanol–water partition coefficient (Wildman–Crippen LogP) is 0.689. The largest absolute Gasteiger partial charge is 0.450 e. The molecule has 2 heterocycles. The molecule has 1 fully saturated rings. The Morgan fingerprint density at radius 2 is 1.75 bits per heavy atom. The first-order chi connectivity index (χ1) is 7.92. The monoisotopic (exact) mass is 220 g/mol. The molecule has 86 valence electrons. The van der Waals surface area contributed by atoms with Gasteiger partial charge in [0, 0.05) is 26.2 Å². The molecule has 1 saturated heterocycles. The van der Waals surface area contributed by atoms with Crippen molar-refractivity contribution in [2.45, 2.75) is 6.29 Å². The molecule has 0 radical (unpaired) electrons. The van der Waals surface area contributed by atoms with Crippen molar-refractivity contribution in [2.24, 2.45) is 0 Å². The lowest BCUT2D eigenvalue weighted by atomic mass is 10.3. The Morgan fingerprint density at radius 1 is 1.12 bits per heavy atom. The van der Waals surface area contributed by atoms with E-state index in [1.165, 1.54) is 0 Å². The van der Waals surface area contributed by atoms with Crippen molar-refractivity contribution < 1.29 is 9.47 Å². The minimum absolute atomic E-state index is 0.143. The number of nitrogens with zero attached hydrogens (tertiary/aromatic N) is 1. The molecule has 16 heavy (non-hydrogen) atoms. The molecule has 4 heteroatoms. The van der Waals surface area contributed by atoms with Crippen molar-refractivity contribution in [1.29, 1.82) is 0 Å². The first-order valence-corrected chi connectivity index (χ1v) is 5.77. The fourth-order valence-electron chi connectivity index (χ4n) is 2.13. The number of para-hydroxylation sites is 2. The van der Waals surface area contributed by atoms with Crippen LogP contribution in [-0.2, 0) is 0 Å². The van der Waals surface area contributed by atoms with E-state index in [2.05, 4.69) is 10.2 Å². The lowest BCUT2D eigenvalue weighted by molar-refractivity contribution is 0.0122. The van der Waals surface area contributed by atoms with Gasteiger partial charge in [-0.3, -0.25) is 4.90 Å². The summed E-state index contributed by atoms with van der Waals surface area (Å²) in [6.45, 7) is 5.09. The van der Waals surface area contributed by atoms with Gasteiger partial charge in [-0.2, -0.15) is 0 Å². The van der Waals surface area contributed by atoms with E-state index < -0.39 is 0 Å². The Balaban J connectivity index is 1.59. The van der Waals surface area contributed by atoms with Gasteiger partial charge in [-0.25, -0.2) is 0 Å². The minimum atomic E-state index is -0.143. The van der Waals surface area contributed by atoms with E-state index in [1.54, 1.807) is 0 Å². The van der Waals surface area contributed by atoms with Crippen molar-refractivity contribution in [3.05, 3.63) is 24.3 Å². The van der Waals surface area contributed by atoms with Crippen LogP contribution in [-0.4, -0.2) is 43.9 Å². The third-order valence-corrected chi connectivity index (χ3v) is 2.98. The third-order valence-electron chi connectivity index (χ3n) is 2.98. The lowest BCUT2D eigenvalue weighted by Crippen LogP contribution is -2.47. The summed E-state index contributed by atoms with van der Waals surface area (Å²) >= 11 is 0. The standard InChI is InChI=1S/C12H16N2O2/c1-2-4-11-10(3-1)15-12(16-11)9-14-7-5-13-6-8-14/h1-4,12-13H,5-9H2. The van der Waals surface area contributed by atoms with Crippen molar-refractivity contribution in [3.63, 3.8) is 0 Å².